The molecule has 3 aliphatic carbocycles. The van der Waals surface area contributed by atoms with Gasteiger partial charge in [-0.2, -0.15) is 0 Å². The van der Waals surface area contributed by atoms with Gasteiger partial charge in [-0.1, -0.05) is 0 Å². The van der Waals surface area contributed by atoms with Gasteiger partial charge in [-0.05, 0) is 57.8 Å². The minimum atomic E-state index is -1.11. The number of aliphatic imine (C=N–C) groups is 1. The van der Waals surface area contributed by atoms with E-state index < -0.39 is 5.60 Å². The zero-order valence-electron chi connectivity index (χ0n) is 14.0. The molecule has 24 heavy (non-hydrogen) atoms. The van der Waals surface area contributed by atoms with E-state index in [1.807, 2.05) is 0 Å². The lowest BCUT2D eigenvalue weighted by molar-refractivity contribution is -0.140. The molecule has 1 aliphatic heterocycles. The molecule has 4 rings (SSSR count). The van der Waals surface area contributed by atoms with Crippen LogP contribution < -0.4 is 5.73 Å². The Morgan fingerprint density at radius 3 is 2.33 bits per heavy atom. The summed E-state index contributed by atoms with van der Waals surface area (Å²) in [5.74, 6) is 0.324. The van der Waals surface area contributed by atoms with Crippen molar-refractivity contribution in [1.82, 2.24) is 0 Å². The first-order valence-electron chi connectivity index (χ1n) is 9.48. The Labute approximate surface area is 154 Å². The minimum absolute atomic E-state index is 0.00760. The van der Waals surface area contributed by atoms with Gasteiger partial charge >= 0.3 is 0 Å². The summed E-state index contributed by atoms with van der Waals surface area (Å²) >= 11 is 12.9. The molecule has 0 aromatic carbocycles. The van der Waals surface area contributed by atoms with Gasteiger partial charge in [0.15, 0.2) is 0 Å². The van der Waals surface area contributed by atoms with Gasteiger partial charge in [0.1, 0.15) is 11.4 Å². The molecule has 0 bridgehead atoms. The van der Waals surface area contributed by atoms with Crippen molar-refractivity contribution < 1.29 is 9.84 Å². The Morgan fingerprint density at radius 2 is 1.67 bits per heavy atom. The molecule has 0 amide bonds. The van der Waals surface area contributed by atoms with Crippen LogP contribution in [0.1, 0.15) is 57.8 Å². The summed E-state index contributed by atoms with van der Waals surface area (Å²) in [6.07, 6.45) is 9.07. The van der Waals surface area contributed by atoms with Gasteiger partial charge in [-0.15, -0.1) is 23.2 Å². The Bertz CT molecular complexity index is 513. The summed E-state index contributed by atoms with van der Waals surface area (Å²) in [4.78, 5) is 4.63. The fourth-order valence-electron chi connectivity index (χ4n) is 5.14. The van der Waals surface area contributed by atoms with Gasteiger partial charge in [0, 0.05) is 22.6 Å². The summed E-state index contributed by atoms with van der Waals surface area (Å²) in [5.41, 5.74) is 5.18. The molecule has 0 aromatic heterocycles. The van der Waals surface area contributed by atoms with Crippen LogP contribution >= 0.6 is 23.2 Å². The van der Waals surface area contributed by atoms with E-state index in [0.717, 1.165) is 51.4 Å². The molecule has 4 aliphatic rings. The number of halogens is 2. The average molecular weight is 375 g/mol. The third-order valence-corrected chi connectivity index (χ3v) is 7.53. The van der Waals surface area contributed by atoms with Crippen LogP contribution in [0.3, 0.4) is 0 Å². The number of ether oxygens (including phenoxy) is 1. The zero-order chi connectivity index (χ0) is 16.9. The van der Waals surface area contributed by atoms with Crippen molar-refractivity contribution >= 4 is 29.0 Å². The number of hydrogen-bond donors (Lipinski definition) is 2. The number of alkyl halides is 2. The second-order valence-corrected chi connectivity index (χ2v) is 9.40. The zero-order valence-corrected chi connectivity index (χ0v) is 15.6. The number of rotatable bonds is 3. The van der Waals surface area contributed by atoms with Crippen LogP contribution in [0, 0.1) is 11.8 Å². The van der Waals surface area contributed by atoms with E-state index in [0.29, 0.717) is 11.9 Å². The first kappa shape index (κ1) is 17.4. The van der Waals surface area contributed by atoms with Crippen molar-refractivity contribution in [3.63, 3.8) is 0 Å². The predicted octanol–water partition coefficient (Wildman–Crippen LogP) is 3.21. The average Bonchev–Trinajstić information content (AvgIpc) is 2.76. The number of fused-ring (bicyclic) bond motifs is 1. The SMILES string of the molecule is NC1=NC2CCC(Cl)CC2C1(O)C1CC(Cl)CCC1OC1CCC1. The van der Waals surface area contributed by atoms with Crippen LogP contribution in [0.15, 0.2) is 4.99 Å². The van der Waals surface area contributed by atoms with Gasteiger partial charge in [0.2, 0.25) is 0 Å². The van der Waals surface area contributed by atoms with Gasteiger partial charge in [0.25, 0.3) is 0 Å². The molecular weight excluding hydrogens is 347 g/mol. The molecule has 0 saturated heterocycles. The first-order valence-corrected chi connectivity index (χ1v) is 10.4. The van der Waals surface area contributed by atoms with E-state index in [2.05, 4.69) is 4.99 Å². The molecule has 7 atom stereocenters. The van der Waals surface area contributed by atoms with Crippen molar-refractivity contribution in [2.75, 3.05) is 0 Å². The number of aliphatic hydroxyl groups is 1. The largest absolute Gasteiger partial charge is 0.385 e. The second-order valence-electron chi connectivity index (χ2n) is 8.17. The fourth-order valence-corrected chi connectivity index (χ4v) is 5.78. The third kappa shape index (κ3) is 2.87. The maximum Gasteiger partial charge on any atom is 0.131 e. The van der Waals surface area contributed by atoms with Gasteiger partial charge < -0.3 is 15.6 Å². The lowest BCUT2D eigenvalue weighted by Crippen LogP contribution is -2.60. The molecule has 3 N–H and O–H groups in total. The highest BCUT2D eigenvalue weighted by molar-refractivity contribution is 6.21. The maximum absolute atomic E-state index is 11.7. The number of hydrogen-bond acceptors (Lipinski definition) is 4. The molecule has 0 spiro atoms. The van der Waals surface area contributed by atoms with Crippen LogP contribution in [0.5, 0.6) is 0 Å². The molecule has 3 fully saturated rings. The smallest absolute Gasteiger partial charge is 0.131 e. The quantitative estimate of drug-likeness (QED) is 0.745. The summed E-state index contributed by atoms with van der Waals surface area (Å²) < 4.78 is 6.36. The molecule has 3 saturated carbocycles. The molecule has 4 nitrogen and oxygen atoms in total. The highest BCUT2D eigenvalue weighted by Crippen LogP contribution is 2.50. The first-order chi connectivity index (χ1) is 11.5. The minimum Gasteiger partial charge on any atom is -0.385 e. The Balaban J connectivity index is 1.60. The van der Waals surface area contributed by atoms with Gasteiger partial charge in [-0.3, -0.25) is 4.99 Å². The summed E-state index contributed by atoms with van der Waals surface area (Å²) in [5, 5.41) is 11.9. The van der Waals surface area contributed by atoms with Crippen molar-refractivity contribution in [3.05, 3.63) is 0 Å². The Hall–Kier alpha value is -0.0300. The standard InChI is InChI=1S/C18H28Cl2N2O2/c19-10-4-6-15-13(8-10)18(23,17(21)22-15)14-9-11(20)5-7-16(14)24-12-2-1-3-12/h10-16,23H,1-9H2,(H2,21,22). The molecule has 6 heteroatoms. The third-order valence-electron chi connectivity index (χ3n) is 6.74. The van der Waals surface area contributed by atoms with E-state index in [9.17, 15) is 5.11 Å². The van der Waals surface area contributed by atoms with Crippen molar-refractivity contribution in [3.8, 4) is 0 Å². The molecule has 7 unspecified atom stereocenters. The van der Waals surface area contributed by atoms with Gasteiger partial charge in [-0.25, -0.2) is 0 Å². The van der Waals surface area contributed by atoms with E-state index in [1.165, 1.54) is 6.42 Å². The van der Waals surface area contributed by atoms with Crippen LogP contribution in [0.25, 0.3) is 0 Å². The van der Waals surface area contributed by atoms with Crippen molar-refractivity contribution in [2.45, 2.75) is 92.4 Å². The van der Waals surface area contributed by atoms with Crippen molar-refractivity contribution in [1.29, 1.82) is 0 Å². The number of nitrogens with two attached hydrogens (primary N) is 1. The highest BCUT2D eigenvalue weighted by atomic mass is 35.5. The molecule has 0 radical (unpaired) electrons. The van der Waals surface area contributed by atoms with E-state index in [1.54, 1.807) is 0 Å². The van der Waals surface area contributed by atoms with Crippen LogP contribution in [0.2, 0.25) is 0 Å². The van der Waals surface area contributed by atoms with E-state index in [-0.39, 0.29) is 34.7 Å². The van der Waals surface area contributed by atoms with E-state index in [4.69, 9.17) is 33.7 Å². The summed E-state index contributed by atoms with van der Waals surface area (Å²) in [6.45, 7) is 0. The highest BCUT2D eigenvalue weighted by Gasteiger charge is 2.59. The van der Waals surface area contributed by atoms with Gasteiger partial charge in [0.05, 0.1) is 18.2 Å². The molecular formula is C18H28Cl2N2O2. The molecule has 1 heterocycles. The monoisotopic (exact) mass is 374 g/mol. The lowest BCUT2D eigenvalue weighted by atomic mass is 9.65. The fraction of sp³-hybridized carbons (Fsp3) is 0.944. The maximum atomic E-state index is 11.7. The number of nitrogens with zero attached hydrogens (tertiary/aromatic N) is 1. The number of amidine groups is 1. The Kier molecular flexibility index (Phi) is 4.79. The summed E-state index contributed by atoms with van der Waals surface area (Å²) in [6, 6.07) is 0.102. The van der Waals surface area contributed by atoms with Crippen LogP contribution in [-0.2, 0) is 4.74 Å². The second kappa shape index (κ2) is 6.61. The van der Waals surface area contributed by atoms with Crippen molar-refractivity contribution in [2.24, 2.45) is 22.6 Å². The Morgan fingerprint density at radius 1 is 1.00 bits per heavy atom. The predicted molar refractivity (Wildman–Crippen MR) is 96.8 cm³/mol. The molecule has 136 valence electrons. The molecule has 0 aromatic rings. The van der Waals surface area contributed by atoms with E-state index >= 15 is 0 Å². The van der Waals surface area contributed by atoms with Crippen LogP contribution in [-0.4, -0.2) is 45.5 Å². The topological polar surface area (TPSA) is 67.8 Å². The van der Waals surface area contributed by atoms with Crippen LogP contribution in [0.4, 0.5) is 0 Å². The normalized spacial score (nSPS) is 49.4. The lowest BCUT2D eigenvalue weighted by Gasteiger charge is -2.48. The summed E-state index contributed by atoms with van der Waals surface area (Å²) in [7, 11) is 0.